The molecule has 0 aliphatic rings. The third-order valence-corrected chi connectivity index (χ3v) is 3.23. The Labute approximate surface area is 126 Å². The molecule has 0 aliphatic carbocycles. The third-order valence-electron chi connectivity index (χ3n) is 1.98. The Hall–Kier alpha value is -1.39. The molecule has 0 unspecified atom stereocenters. The molecule has 0 atom stereocenters. The molecule has 0 aromatic heterocycles. The molecular formula is C12H9Br2FN2O2. The van der Waals surface area contributed by atoms with E-state index < -0.39 is 11.8 Å². The summed E-state index contributed by atoms with van der Waals surface area (Å²) in [4.78, 5) is 11.4. The summed E-state index contributed by atoms with van der Waals surface area (Å²) in [5.74, 6) is -1.13. The average Bonchev–Trinajstić information content (AvgIpc) is 2.32. The van der Waals surface area contributed by atoms with Gasteiger partial charge in [-0.25, -0.2) is 9.18 Å². The molecule has 1 N–H and O–H groups in total. The lowest BCUT2D eigenvalue weighted by Gasteiger charge is -2.08. The van der Waals surface area contributed by atoms with Crippen LogP contribution in [0.15, 0.2) is 32.9 Å². The van der Waals surface area contributed by atoms with E-state index >= 15 is 0 Å². The molecule has 7 heteroatoms. The van der Waals surface area contributed by atoms with Gasteiger partial charge in [0.25, 0.3) is 0 Å². The van der Waals surface area contributed by atoms with E-state index in [1.165, 1.54) is 18.3 Å². The SMILES string of the molecule is CCOC(=O)/C(C#N)=C/Nc1c(Br)cc(F)cc1Br. The number of hydrogen-bond donors (Lipinski definition) is 1. The van der Waals surface area contributed by atoms with Crippen molar-refractivity contribution in [2.24, 2.45) is 0 Å². The van der Waals surface area contributed by atoms with Crippen molar-refractivity contribution in [3.8, 4) is 6.07 Å². The Balaban J connectivity index is 2.97. The van der Waals surface area contributed by atoms with Crippen LogP contribution in [0.1, 0.15) is 6.92 Å². The zero-order valence-electron chi connectivity index (χ0n) is 9.84. The minimum atomic E-state index is -0.716. The number of benzene rings is 1. The van der Waals surface area contributed by atoms with Crippen LogP contribution in [0.4, 0.5) is 10.1 Å². The van der Waals surface area contributed by atoms with Gasteiger partial charge in [0, 0.05) is 15.1 Å². The Morgan fingerprint density at radius 1 is 1.53 bits per heavy atom. The summed E-state index contributed by atoms with van der Waals surface area (Å²) in [5.41, 5.74) is 0.323. The van der Waals surface area contributed by atoms with E-state index in [0.29, 0.717) is 14.6 Å². The lowest BCUT2D eigenvalue weighted by Crippen LogP contribution is -2.08. The van der Waals surface area contributed by atoms with E-state index in [2.05, 4.69) is 37.2 Å². The summed E-state index contributed by atoms with van der Waals surface area (Å²) in [5, 5.41) is 11.6. The van der Waals surface area contributed by atoms with Gasteiger partial charge in [-0.2, -0.15) is 5.26 Å². The number of carbonyl (C=O) groups is 1. The number of nitriles is 1. The van der Waals surface area contributed by atoms with Crippen LogP contribution in [-0.4, -0.2) is 12.6 Å². The van der Waals surface area contributed by atoms with E-state index in [1.807, 2.05) is 0 Å². The van der Waals surface area contributed by atoms with Crippen molar-refractivity contribution in [1.29, 1.82) is 5.26 Å². The smallest absolute Gasteiger partial charge is 0.350 e. The first-order chi connectivity index (χ1) is 8.99. The largest absolute Gasteiger partial charge is 0.462 e. The first kappa shape index (κ1) is 15.7. The standard InChI is InChI=1S/C12H9Br2FN2O2/c1-2-19-12(18)7(5-16)6-17-11-9(13)3-8(15)4-10(11)14/h3-4,6,17H,2H2,1H3/b7-6+. The van der Waals surface area contributed by atoms with Crippen molar-refractivity contribution in [3.05, 3.63) is 38.7 Å². The van der Waals surface area contributed by atoms with E-state index in [1.54, 1.807) is 13.0 Å². The summed E-state index contributed by atoms with van der Waals surface area (Å²) < 4.78 is 18.7. The minimum absolute atomic E-state index is 0.176. The van der Waals surface area contributed by atoms with Crippen molar-refractivity contribution in [1.82, 2.24) is 0 Å². The van der Waals surface area contributed by atoms with Gasteiger partial charge in [0.15, 0.2) is 5.57 Å². The fourth-order valence-electron chi connectivity index (χ4n) is 1.17. The highest BCUT2D eigenvalue weighted by atomic mass is 79.9. The van der Waals surface area contributed by atoms with Crippen LogP contribution in [0.5, 0.6) is 0 Å². The van der Waals surface area contributed by atoms with Gasteiger partial charge in [0.2, 0.25) is 0 Å². The quantitative estimate of drug-likeness (QED) is 0.482. The molecule has 0 fully saturated rings. The Bertz CT molecular complexity index is 544. The zero-order valence-corrected chi connectivity index (χ0v) is 13.0. The lowest BCUT2D eigenvalue weighted by atomic mass is 10.3. The number of carbonyl (C=O) groups excluding carboxylic acids is 1. The highest BCUT2D eigenvalue weighted by Crippen LogP contribution is 2.32. The zero-order chi connectivity index (χ0) is 14.4. The third kappa shape index (κ3) is 4.33. The number of anilines is 1. The van der Waals surface area contributed by atoms with Gasteiger partial charge in [0.05, 0.1) is 12.3 Å². The van der Waals surface area contributed by atoms with Crippen LogP contribution >= 0.6 is 31.9 Å². The Kier molecular flexibility index (Phi) is 5.99. The van der Waals surface area contributed by atoms with E-state index in [-0.39, 0.29) is 12.2 Å². The summed E-state index contributed by atoms with van der Waals surface area (Å²) in [6, 6.07) is 4.25. The van der Waals surface area contributed by atoms with Gasteiger partial charge in [-0.05, 0) is 50.9 Å². The molecule has 1 aromatic carbocycles. The topological polar surface area (TPSA) is 62.1 Å². The second-order valence-corrected chi connectivity index (χ2v) is 4.99. The van der Waals surface area contributed by atoms with Gasteiger partial charge in [-0.15, -0.1) is 0 Å². The van der Waals surface area contributed by atoms with Crippen LogP contribution in [-0.2, 0) is 9.53 Å². The molecule has 0 aliphatic heterocycles. The molecular weight excluding hydrogens is 383 g/mol. The van der Waals surface area contributed by atoms with Crippen LogP contribution in [0, 0.1) is 17.1 Å². The maximum atomic E-state index is 13.1. The molecule has 0 spiro atoms. The number of ether oxygens (including phenoxy) is 1. The number of hydrogen-bond acceptors (Lipinski definition) is 4. The highest BCUT2D eigenvalue weighted by Gasteiger charge is 2.11. The molecule has 0 saturated carbocycles. The summed E-state index contributed by atoms with van der Waals surface area (Å²) >= 11 is 6.35. The molecule has 4 nitrogen and oxygen atoms in total. The molecule has 0 heterocycles. The number of rotatable bonds is 4. The van der Waals surface area contributed by atoms with Crippen molar-refractivity contribution in [3.63, 3.8) is 0 Å². The first-order valence-corrected chi connectivity index (χ1v) is 6.76. The summed E-state index contributed by atoms with van der Waals surface area (Å²) in [6.45, 7) is 1.83. The van der Waals surface area contributed by atoms with E-state index in [4.69, 9.17) is 10.00 Å². The Morgan fingerprint density at radius 3 is 2.58 bits per heavy atom. The molecule has 100 valence electrons. The fourth-order valence-corrected chi connectivity index (χ4v) is 2.53. The molecule has 0 saturated heterocycles. The van der Waals surface area contributed by atoms with Crippen molar-refractivity contribution in [2.45, 2.75) is 6.92 Å². The molecule has 0 radical (unpaired) electrons. The second-order valence-electron chi connectivity index (χ2n) is 3.28. The van der Waals surface area contributed by atoms with Gasteiger partial charge in [-0.3, -0.25) is 0 Å². The second kappa shape index (κ2) is 7.26. The summed E-state index contributed by atoms with van der Waals surface area (Å²) in [7, 11) is 0. The van der Waals surface area contributed by atoms with Gasteiger partial charge < -0.3 is 10.1 Å². The van der Waals surface area contributed by atoms with Gasteiger partial charge in [-0.1, -0.05) is 0 Å². The maximum Gasteiger partial charge on any atom is 0.350 e. The molecule has 19 heavy (non-hydrogen) atoms. The van der Waals surface area contributed by atoms with Crippen molar-refractivity contribution < 1.29 is 13.9 Å². The minimum Gasteiger partial charge on any atom is -0.462 e. The predicted molar refractivity (Wildman–Crippen MR) is 75.8 cm³/mol. The highest BCUT2D eigenvalue weighted by molar-refractivity contribution is 9.11. The molecule has 1 aromatic rings. The van der Waals surface area contributed by atoms with Crippen molar-refractivity contribution >= 4 is 43.5 Å². The number of esters is 1. The Morgan fingerprint density at radius 2 is 2.11 bits per heavy atom. The maximum absolute atomic E-state index is 13.1. The van der Waals surface area contributed by atoms with Gasteiger partial charge in [0.1, 0.15) is 11.9 Å². The average molecular weight is 392 g/mol. The fraction of sp³-hybridized carbons (Fsp3) is 0.167. The van der Waals surface area contributed by atoms with E-state index in [9.17, 15) is 9.18 Å². The van der Waals surface area contributed by atoms with Crippen LogP contribution in [0.3, 0.4) is 0 Å². The number of halogens is 3. The molecule has 0 bridgehead atoms. The van der Waals surface area contributed by atoms with Crippen molar-refractivity contribution in [2.75, 3.05) is 11.9 Å². The molecule has 1 rings (SSSR count). The summed E-state index contributed by atoms with van der Waals surface area (Å²) in [6.07, 6.45) is 1.21. The van der Waals surface area contributed by atoms with Crippen LogP contribution < -0.4 is 5.32 Å². The van der Waals surface area contributed by atoms with Crippen LogP contribution in [0.2, 0.25) is 0 Å². The van der Waals surface area contributed by atoms with Gasteiger partial charge >= 0.3 is 5.97 Å². The monoisotopic (exact) mass is 390 g/mol. The normalized spacial score (nSPS) is 10.8. The predicted octanol–water partition coefficient (Wildman–Crippen LogP) is 3.73. The first-order valence-electron chi connectivity index (χ1n) is 5.18. The van der Waals surface area contributed by atoms with Crippen LogP contribution in [0.25, 0.3) is 0 Å². The lowest BCUT2D eigenvalue weighted by molar-refractivity contribution is -0.138. The number of nitrogens with zero attached hydrogens (tertiary/aromatic N) is 1. The van der Waals surface area contributed by atoms with E-state index in [0.717, 1.165) is 0 Å². The number of nitrogens with one attached hydrogen (secondary N) is 1. The molecule has 0 amide bonds.